The van der Waals surface area contributed by atoms with Crippen molar-refractivity contribution >= 4 is 17.2 Å². The summed E-state index contributed by atoms with van der Waals surface area (Å²) in [5.41, 5.74) is 1.04. The fourth-order valence-electron chi connectivity index (χ4n) is 2.68. The highest BCUT2D eigenvalue weighted by Crippen LogP contribution is 2.18. The predicted molar refractivity (Wildman–Crippen MR) is 81.2 cm³/mol. The van der Waals surface area contributed by atoms with E-state index < -0.39 is 0 Å². The Morgan fingerprint density at radius 3 is 2.50 bits per heavy atom. The van der Waals surface area contributed by atoms with Crippen molar-refractivity contribution in [2.75, 3.05) is 33.7 Å². The topological polar surface area (TPSA) is 45.6 Å². The van der Waals surface area contributed by atoms with Crippen molar-refractivity contribution in [1.82, 2.24) is 14.4 Å². The average Bonchev–Trinajstić information content (AvgIpc) is 2.75. The molecule has 1 amide bonds. The van der Waals surface area contributed by atoms with Crippen molar-refractivity contribution in [1.29, 1.82) is 0 Å². The van der Waals surface area contributed by atoms with Crippen LogP contribution in [-0.4, -0.2) is 54.0 Å². The molecule has 0 N–H and O–H groups in total. The van der Waals surface area contributed by atoms with Crippen LogP contribution >= 0.6 is 11.3 Å². The third kappa shape index (κ3) is 3.49. The highest BCUT2D eigenvalue weighted by atomic mass is 32.1. The number of hydrogen-bond acceptors (Lipinski definition) is 4. The summed E-state index contributed by atoms with van der Waals surface area (Å²) in [6.45, 7) is 5.51. The molecule has 1 aliphatic heterocycles. The number of carbonyl (C=O) groups is 1. The second kappa shape index (κ2) is 6.54. The summed E-state index contributed by atoms with van der Waals surface area (Å²) >= 11 is 1.26. The maximum Gasteiger partial charge on any atom is 0.307 e. The quantitative estimate of drug-likeness (QED) is 0.833. The molecule has 0 bridgehead atoms. The number of likely N-dealkylation sites (tertiary alicyclic amines) is 1. The van der Waals surface area contributed by atoms with Crippen molar-refractivity contribution in [3.63, 3.8) is 0 Å². The first-order valence-corrected chi connectivity index (χ1v) is 7.95. The lowest BCUT2D eigenvalue weighted by Gasteiger charge is -2.32. The number of rotatable bonds is 4. The molecule has 1 aliphatic rings. The zero-order valence-corrected chi connectivity index (χ0v) is 13.3. The van der Waals surface area contributed by atoms with E-state index in [0.717, 1.165) is 44.7 Å². The van der Waals surface area contributed by atoms with Crippen LogP contribution in [0.15, 0.2) is 10.2 Å². The molecule has 1 aromatic heterocycles. The van der Waals surface area contributed by atoms with Crippen LogP contribution < -0.4 is 4.87 Å². The summed E-state index contributed by atoms with van der Waals surface area (Å²) in [6.07, 6.45) is 1.85. The third-order valence-corrected chi connectivity index (χ3v) is 4.87. The molecule has 0 radical (unpaired) electrons. The number of amides is 1. The Hall–Kier alpha value is -1.14. The van der Waals surface area contributed by atoms with Crippen LogP contribution in [-0.2, 0) is 11.3 Å². The molecular formula is C14H23N3O2S. The molecule has 1 fully saturated rings. The molecule has 5 nitrogen and oxygen atoms in total. The molecule has 0 spiro atoms. The molecule has 0 saturated carbocycles. The van der Waals surface area contributed by atoms with E-state index in [2.05, 4.69) is 4.90 Å². The summed E-state index contributed by atoms with van der Waals surface area (Å²) in [5.74, 6) is 0.418. The third-order valence-electron chi connectivity index (χ3n) is 3.99. The van der Waals surface area contributed by atoms with Crippen LogP contribution in [0.2, 0.25) is 0 Å². The number of aromatic nitrogens is 1. The van der Waals surface area contributed by atoms with Gasteiger partial charge in [0.05, 0.1) is 0 Å². The second-order valence-electron chi connectivity index (χ2n) is 5.64. The first kappa shape index (κ1) is 15.3. The maximum atomic E-state index is 11.9. The molecule has 0 aliphatic carbocycles. The van der Waals surface area contributed by atoms with Crippen LogP contribution in [0.5, 0.6) is 0 Å². The molecule has 1 aromatic rings. The number of nitrogens with zero attached hydrogens (tertiary/aromatic N) is 3. The number of aryl methyl sites for hydroxylation is 1. The predicted octanol–water partition coefficient (Wildman–Crippen LogP) is 1.02. The van der Waals surface area contributed by atoms with Crippen molar-refractivity contribution in [3.8, 4) is 0 Å². The van der Waals surface area contributed by atoms with Gasteiger partial charge in [0.1, 0.15) is 0 Å². The molecule has 2 heterocycles. The summed E-state index contributed by atoms with van der Waals surface area (Å²) in [4.78, 5) is 27.7. The van der Waals surface area contributed by atoms with Crippen molar-refractivity contribution in [2.45, 2.75) is 26.3 Å². The molecule has 112 valence electrons. The van der Waals surface area contributed by atoms with E-state index in [-0.39, 0.29) is 16.7 Å². The molecule has 0 aromatic carbocycles. The monoisotopic (exact) mass is 297 g/mol. The minimum Gasteiger partial charge on any atom is -0.349 e. The molecule has 0 atom stereocenters. The first-order chi connectivity index (χ1) is 9.49. The largest absolute Gasteiger partial charge is 0.349 e. The lowest BCUT2D eigenvalue weighted by molar-refractivity contribution is -0.134. The Bertz CT molecular complexity index is 513. The first-order valence-electron chi connectivity index (χ1n) is 7.07. The lowest BCUT2D eigenvalue weighted by Crippen LogP contribution is -2.41. The van der Waals surface area contributed by atoms with Crippen LogP contribution in [0.25, 0.3) is 0 Å². The van der Waals surface area contributed by atoms with Crippen molar-refractivity contribution in [2.24, 2.45) is 5.92 Å². The minimum absolute atomic E-state index is 0.125. The van der Waals surface area contributed by atoms with E-state index in [4.69, 9.17) is 0 Å². The van der Waals surface area contributed by atoms with Gasteiger partial charge < -0.3 is 14.4 Å². The highest BCUT2D eigenvalue weighted by Gasteiger charge is 2.25. The van der Waals surface area contributed by atoms with Crippen LogP contribution in [0, 0.1) is 12.8 Å². The van der Waals surface area contributed by atoms with Crippen LogP contribution in [0.3, 0.4) is 0 Å². The Morgan fingerprint density at radius 2 is 2.00 bits per heavy atom. The molecule has 20 heavy (non-hydrogen) atoms. The summed E-state index contributed by atoms with van der Waals surface area (Å²) in [7, 11) is 3.64. The fourth-order valence-corrected chi connectivity index (χ4v) is 3.45. The Kier molecular flexibility index (Phi) is 4.99. The maximum absolute atomic E-state index is 11.9. The Balaban J connectivity index is 1.81. The van der Waals surface area contributed by atoms with E-state index in [1.807, 2.05) is 31.0 Å². The summed E-state index contributed by atoms with van der Waals surface area (Å²) in [6, 6.07) is 0. The van der Waals surface area contributed by atoms with Gasteiger partial charge in [-0.2, -0.15) is 0 Å². The van der Waals surface area contributed by atoms with Gasteiger partial charge in [-0.3, -0.25) is 9.59 Å². The van der Waals surface area contributed by atoms with Gasteiger partial charge in [0.15, 0.2) is 0 Å². The molecule has 2 rings (SSSR count). The van der Waals surface area contributed by atoms with Crippen molar-refractivity contribution < 1.29 is 4.79 Å². The van der Waals surface area contributed by atoms with E-state index in [1.165, 1.54) is 11.3 Å². The number of carbonyl (C=O) groups excluding carboxylic acids is 1. The SMILES string of the molecule is Cc1csc(=O)n1CCN1CCC(C(=O)N(C)C)CC1. The fraction of sp³-hybridized carbons (Fsp3) is 0.714. The minimum atomic E-state index is 0.125. The second-order valence-corrected chi connectivity index (χ2v) is 6.46. The Labute approximate surface area is 123 Å². The zero-order valence-electron chi connectivity index (χ0n) is 12.5. The van der Waals surface area contributed by atoms with Gasteiger partial charge in [-0.15, -0.1) is 0 Å². The number of piperidine rings is 1. The van der Waals surface area contributed by atoms with E-state index >= 15 is 0 Å². The van der Waals surface area contributed by atoms with Gasteiger partial charge in [0.2, 0.25) is 5.91 Å². The zero-order chi connectivity index (χ0) is 14.7. The highest BCUT2D eigenvalue weighted by molar-refractivity contribution is 7.07. The van der Waals surface area contributed by atoms with E-state index in [9.17, 15) is 9.59 Å². The lowest BCUT2D eigenvalue weighted by atomic mass is 9.95. The average molecular weight is 297 g/mol. The Morgan fingerprint density at radius 1 is 1.35 bits per heavy atom. The van der Waals surface area contributed by atoms with Gasteiger partial charge in [0.25, 0.3) is 0 Å². The molecule has 1 saturated heterocycles. The van der Waals surface area contributed by atoms with Gasteiger partial charge in [0, 0.05) is 44.2 Å². The summed E-state index contributed by atoms with van der Waals surface area (Å²) < 4.78 is 1.84. The van der Waals surface area contributed by atoms with Gasteiger partial charge in [-0.1, -0.05) is 11.3 Å². The number of hydrogen-bond donors (Lipinski definition) is 0. The van der Waals surface area contributed by atoms with E-state index in [1.54, 1.807) is 4.90 Å². The standard InChI is InChI=1S/C14H23N3O2S/c1-11-10-20-14(19)17(11)9-8-16-6-4-12(5-7-16)13(18)15(2)3/h10,12H,4-9H2,1-3H3. The number of thiazole rings is 1. The van der Waals surface area contributed by atoms with E-state index in [0.29, 0.717) is 0 Å². The van der Waals surface area contributed by atoms with Gasteiger partial charge >= 0.3 is 4.87 Å². The van der Waals surface area contributed by atoms with Crippen LogP contribution in [0.4, 0.5) is 0 Å². The molecular weight excluding hydrogens is 274 g/mol. The van der Waals surface area contributed by atoms with Gasteiger partial charge in [-0.05, 0) is 32.9 Å². The van der Waals surface area contributed by atoms with Crippen molar-refractivity contribution in [3.05, 3.63) is 20.7 Å². The molecule has 0 unspecified atom stereocenters. The summed E-state index contributed by atoms with van der Waals surface area (Å²) in [5, 5.41) is 1.91. The van der Waals surface area contributed by atoms with Crippen LogP contribution in [0.1, 0.15) is 18.5 Å². The smallest absolute Gasteiger partial charge is 0.307 e. The normalized spacial score (nSPS) is 17.4. The molecule has 6 heteroatoms. The van der Waals surface area contributed by atoms with Gasteiger partial charge in [-0.25, -0.2) is 0 Å².